The molecule has 0 bridgehead atoms. The number of alkyl halides is 1. The highest BCUT2D eigenvalue weighted by Gasteiger charge is 2.50. The minimum absolute atomic E-state index is 0.0293. The Labute approximate surface area is 276 Å². The summed E-state index contributed by atoms with van der Waals surface area (Å²) in [7, 11) is 0. The topological polar surface area (TPSA) is 110 Å². The number of nitrogen functional groups attached to an aromatic ring is 1. The van der Waals surface area contributed by atoms with Gasteiger partial charge in [-0.3, -0.25) is 4.90 Å². The van der Waals surface area contributed by atoms with Gasteiger partial charge in [-0.15, -0.1) is 11.3 Å². The van der Waals surface area contributed by atoms with Gasteiger partial charge in [-0.1, -0.05) is 17.7 Å². The first-order valence-corrected chi connectivity index (χ1v) is 17.2. The number of rotatable bonds is 5. The number of nitrogens with zero attached hydrogens (tertiary/aromatic N) is 5. The molecule has 1 aliphatic carbocycles. The minimum Gasteiger partial charge on any atom is -0.486 e. The first-order chi connectivity index (χ1) is 22.8. The van der Waals surface area contributed by atoms with E-state index >= 15 is 8.78 Å². The molecule has 4 atom stereocenters. The quantitative estimate of drug-likeness (QED) is 0.257. The molecule has 0 spiro atoms. The molecule has 244 valence electrons. The summed E-state index contributed by atoms with van der Waals surface area (Å²) in [5, 5.41) is 10.5. The molecule has 2 aromatic heterocycles. The highest BCUT2D eigenvalue weighted by atomic mass is 35.5. The van der Waals surface area contributed by atoms with Crippen LogP contribution in [0.4, 0.5) is 24.0 Å². The van der Waals surface area contributed by atoms with Crippen molar-refractivity contribution in [3.05, 3.63) is 34.4 Å². The molecule has 5 aliphatic rings. The van der Waals surface area contributed by atoms with Gasteiger partial charge in [0.2, 0.25) is 0 Å². The number of anilines is 2. The molecule has 2 N–H and O–H groups in total. The van der Waals surface area contributed by atoms with Crippen molar-refractivity contribution >= 4 is 54.7 Å². The molecule has 2 unspecified atom stereocenters. The number of benzene rings is 2. The fraction of sp³-hybridized carbons (Fsp3) is 0.485. The number of ether oxygens (including phenoxy) is 3. The van der Waals surface area contributed by atoms with Gasteiger partial charge in [0.15, 0.2) is 11.6 Å². The summed E-state index contributed by atoms with van der Waals surface area (Å²) in [5.74, 6) is -0.697. The summed E-state index contributed by atoms with van der Waals surface area (Å²) in [6.45, 7) is 2.20. The normalized spacial score (nSPS) is 27.0. The summed E-state index contributed by atoms with van der Waals surface area (Å²) >= 11 is 8.06. The predicted molar refractivity (Wildman–Crippen MR) is 172 cm³/mol. The zero-order valence-electron chi connectivity index (χ0n) is 25.2. The third-order valence-electron chi connectivity index (χ3n) is 10.4. The Morgan fingerprint density at radius 2 is 2.06 bits per heavy atom. The number of fused-ring (bicyclic) bond motifs is 3. The van der Waals surface area contributed by atoms with Crippen LogP contribution in [0.3, 0.4) is 0 Å². The summed E-state index contributed by atoms with van der Waals surface area (Å²) in [6, 6.07) is 4.55. The maximum atomic E-state index is 17.2. The van der Waals surface area contributed by atoms with E-state index in [9.17, 15) is 9.65 Å². The molecule has 6 heterocycles. The van der Waals surface area contributed by atoms with Gasteiger partial charge in [-0.2, -0.15) is 15.2 Å². The van der Waals surface area contributed by atoms with Crippen LogP contribution >= 0.6 is 22.9 Å². The summed E-state index contributed by atoms with van der Waals surface area (Å²) in [6.07, 6.45) is 3.25. The summed E-state index contributed by atoms with van der Waals surface area (Å²) in [4.78, 5) is 13.8. The Hall–Kier alpha value is -3.57. The van der Waals surface area contributed by atoms with Gasteiger partial charge in [0.25, 0.3) is 0 Å². The Morgan fingerprint density at radius 1 is 1.21 bits per heavy atom. The number of nitriles is 1. The molecule has 0 amide bonds. The molecule has 47 heavy (non-hydrogen) atoms. The van der Waals surface area contributed by atoms with Gasteiger partial charge in [-0.05, 0) is 43.9 Å². The van der Waals surface area contributed by atoms with Gasteiger partial charge in [0, 0.05) is 36.4 Å². The van der Waals surface area contributed by atoms with E-state index in [4.69, 9.17) is 36.5 Å². The lowest BCUT2D eigenvalue weighted by Gasteiger charge is -2.38. The van der Waals surface area contributed by atoms with Crippen LogP contribution in [0.1, 0.15) is 44.1 Å². The number of aromatic nitrogens is 2. The van der Waals surface area contributed by atoms with Gasteiger partial charge >= 0.3 is 6.01 Å². The Bertz CT molecular complexity index is 2020. The van der Waals surface area contributed by atoms with Crippen molar-refractivity contribution in [2.45, 2.75) is 68.4 Å². The van der Waals surface area contributed by atoms with E-state index < -0.39 is 23.3 Å². The van der Waals surface area contributed by atoms with Gasteiger partial charge in [0.1, 0.15) is 47.1 Å². The zero-order chi connectivity index (χ0) is 32.2. The Balaban J connectivity index is 1.28. The van der Waals surface area contributed by atoms with Crippen molar-refractivity contribution in [3.63, 3.8) is 0 Å². The van der Waals surface area contributed by atoms with Crippen LogP contribution in [-0.2, 0) is 4.74 Å². The lowest BCUT2D eigenvalue weighted by atomic mass is 9.95. The van der Waals surface area contributed by atoms with E-state index in [2.05, 4.69) is 20.9 Å². The second-order valence-electron chi connectivity index (χ2n) is 13.2. The second kappa shape index (κ2) is 10.7. The molecule has 3 saturated heterocycles. The van der Waals surface area contributed by atoms with E-state index in [0.29, 0.717) is 43.8 Å². The van der Waals surface area contributed by atoms with Crippen LogP contribution in [0.5, 0.6) is 11.8 Å². The standard InChI is InChI=1S/C33H30ClF3N6O3S/c34-25-23(17-4-5-19(36)29-22(17)18(11-38)30(39)47-29)26(37)27-24-28(25)46-21-6-9-44-13-20(21)43(16-2-3-16)31(24)41-32(40-27)45-14-33-7-1-8-42(33)12-15(35)10-33/h4-5,15-16,20-21H,1-3,6-10,12-14,39H2/t15-,20?,21?,33+/m1/s1. The maximum Gasteiger partial charge on any atom is 0.319 e. The zero-order valence-corrected chi connectivity index (χ0v) is 26.8. The van der Waals surface area contributed by atoms with Crippen LogP contribution in [0.25, 0.3) is 32.1 Å². The van der Waals surface area contributed by atoms with E-state index in [1.54, 1.807) is 0 Å². The lowest BCUT2D eigenvalue weighted by molar-refractivity contribution is 0.00705. The molecule has 4 fully saturated rings. The molecule has 2 aromatic carbocycles. The fourth-order valence-electron chi connectivity index (χ4n) is 8.19. The average Bonchev–Trinajstić information content (AvgIpc) is 3.65. The van der Waals surface area contributed by atoms with Crippen LogP contribution in [-0.4, -0.2) is 77.7 Å². The summed E-state index contributed by atoms with van der Waals surface area (Å²) in [5.41, 5.74) is 5.75. The summed E-state index contributed by atoms with van der Waals surface area (Å²) < 4.78 is 65.9. The van der Waals surface area contributed by atoms with E-state index in [0.717, 1.165) is 43.6 Å². The average molecular weight is 683 g/mol. The van der Waals surface area contributed by atoms with Crippen molar-refractivity contribution in [3.8, 4) is 29.0 Å². The van der Waals surface area contributed by atoms with Crippen LogP contribution in [0.15, 0.2) is 12.1 Å². The first kappa shape index (κ1) is 29.6. The largest absolute Gasteiger partial charge is 0.486 e. The van der Waals surface area contributed by atoms with Crippen molar-refractivity contribution in [1.82, 2.24) is 14.9 Å². The predicted octanol–water partition coefficient (Wildman–Crippen LogP) is 6.37. The third-order valence-corrected chi connectivity index (χ3v) is 11.8. The maximum absolute atomic E-state index is 17.2. The first-order valence-electron chi connectivity index (χ1n) is 16.0. The highest BCUT2D eigenvalue weighted by molar-refractivity contribution is 7.23. The minimum atomic E-state index is -0.937. The second-order valence-corrected chi connectivity index (χ2v) is 14.7. The molecule has 9 nitrogen and oxygen atoms in total. The van der Waals surface area contributed by atoms with Crippen LogP contribution < -0.4 is 20.1 Å². The van der Waals surface area contributed by atoms with Crippen molar-refractivity contribution in [2.75, 3.05) is 43.5 Å². The van der Waals surface area contributed by atoms with E-state index in [1.807, 2.05) is 0 Å². The lowest BCUT2D eigenvalue weighted by Crippen LogP contribution is -2.52. The van der Waals surface area contributed by atoms with Gasteiger partial charge < -0.3 is 24.8 Å². The molecule has 9 rings (SSSR count). The third kappa shape index (κ3) is 4.41. The molecular formula is C33H30ClF3N6O3S. The van der Waals surface area contributed by atoms with Crippen LogP contribution in [0, 0.1) is 23.0 Å². The molecule has 0 radical (unpaired) electrons. The van der Waals surface area contributed by atoms with Crippen molar-refractivity contribution in [1.29, 1.82) is 5.26 Å². The van der Waals surface area contributed by atoms with Crippen molar-refractivity contribution < 1.29 is 27.4 Å². The smallest absolute Gasteiger partial charge is 0.319 e. The van der Waals surface area contributed by atoms with Gasteiger partial charge in [0.05, 0.1) is 45.5 Å². The molecule has 14 heteroatoms. The van der Waals surface area contributed by atoms with E-state index in [1.165, 1.54) is 12.1 Å². The van der Waals surface area contributed by atoms with Crippen LogP contribution in [0.2, 0.25) is 5.02 Å². The molecular weight excluding hydrogens is 653 g/mol. The Kier molecular flexibility index (Phi) is 6.74. The Morgan fingerprint density at radius 3 is 2.87 bits per heavy atom. The number of halogens is 4. The van der Waals surface area contributed by atoms with E-state index in [-0.39, 0.29) is 78.9 Å². The van der Waals surface area contributed by atoms with Crippen molar-refractivity contribution in [2.24, 2.45) is 0 Å². The number of thiophene rings is 1. The molecule has 4 aromatic rings. The SMILES string of the molecule is N#Cc1c(N)sc2c(F)ccc(-c3c(Cl)c4c5c(nc(OC[C@@]67CCCN6C[C@H](F)C7)nc5c3F)N(C3CC3)C3COCCC3O4)c12. The number of hydrogen-bond acceptors (Lipinski definition) is 10. The number of nitrogens with two attached hydrogens (primary N) is 1. The fourth-order valence-corrected chi connectivity index (χ4v) is 9.47. The monoisotopic (exact) mass is 682 g/mol. The highest BCUT2D eigenvalue weighted by Crippen LogP contribution is 2.53. The number of hydrogen-bond donors (Lipinski definition) is 1. The van der Waals surface area contributed by atoms with Gasteiger partial charge in [-0.25, -0.2) is 13.2 Å². The molecule has 1 saturated carbocycles. The molecule has 4 aliphatic heterocycles.